The van der Waals surface area contributed by atoms with Crippen LogP contribution in [0.1, 0.15) is 38.1 Å². The minimum atomic E-state index is -0.592. The van der Waals surface area contributed by atoms with Gasteiger partial charge >= 0.3 is 0 Å². The molecule has 1 rings (SSSR count). The van der Waals surface area contributed by atoms with Crippen LogP contribution in [-0.4, -0.2) is 17.3 Å². The van der Waals surface area contributed by atoms with Crippen molar-refractivity contribution in [2.75, 3.05) is 6.54 Å². The van der Waals surface area contributed by atoms with Crippen LogP contribution < -0.4 is 5.32 Å². The fourth-order valence-electron chi connectivity index (χ4n) is 1.14. The van der Waals surface area contributed by atoms with Gasteiger partial charge in [-0.05, 0) is 31.7 Å². The molecule has 0 saturated carbocycles. The van der Waals surface area contributed by atoms with Crippen molar-refractivity contribution in [1.82, 2.24) is 5.32 Å². The highest BCUT2D eigenvalue weighted by molar-refractivity contribution is 7.10. The summed E-state index contributed by atoms with van der Waals surface area (Å²) >= 11 is 1.75. The van der Waals surface area contributed by atoms with E-state index in [1.165, 1.54) is 4.88 Å². The first-order valence-electron chi connectivity index (χ1n) is 5.04. The average Bonchev–Trinajstić information content (AvgIpc) is 2.67. The van der Waals surface area contributed by atoms with E-state index in [-0.39, 0.29) is 0 Å². The van der Waals surface area contributed by atoms with E-state index in [9.17, 15) is 5.11 Å². The summed E-state index contributed by atoms with van der Waals surface area (Å²) < 4.78 is 0. The van der Waals surface area contributed by atoms with Crippen molar-refractivity contribution in [2.45, 2.75) is 38.8 Å². The largest absolute Gasteiger partial charge is 0.389 e. The van der Waals surface area contributed by atoms with Gasteiger partial charge in [-0.15, -0.1) is 11.3 Å². The molecule has 14 heavy (non-hydrogen) atoms. The van der Waals surface area contributed by atoms with Crippen LogP contribution >= 0.6 is 11.3 Å². The Bertz CT molecular complexity index is 256. The molecule has 0 aliphatic heterocycles. The average molecular weight is 213 g/mol. The summed E-state index contributed by atoms with van der Waals surface area (Å²) in [6.07, 6.45) is 0.775. The fourth-order valence-corrected chi connectivity index (χ4v) is 1.90. The number of nitrogens with one attached hydrogen (secondary N) is 1. The summed E-state index contributed by atoms with van der Waals surface area (Å²) in [5, 5.41) is 15.2. The van der Waals surface area contributed by atoms with E-state index in [1.54, 1.807) is 11.3 Å². The Labute approximate surface area is 90.0 Å². The maximum atomic E-state index is 9.81. The van der Waals surface area contributed by atoms with E-state index < -0.39 is 5.60 Å². The Hall–Kier alpha value is -0.380. The molecular weight excluding hydrogens is 194 g/mol. The van der Waals surface area contributed by atoms with Gasteiger partial charge in [0.25, 0.3) is 0 Å². The van der Waals surface area contributed by atoms with Gasteiger partial charge in [-0.1, -0.05) is 13.0 Å². The van der Waals surface area contributed by atoms with Crippen molar-refractivity contribution in [3.63, 3.8) is 0 Å². The van der Waals surface area contributed by atoms with E-state index in [4.69, 9.17) is 0 Å². The van der Waals surface area contributed by atoms with E-state index in [0.717, 1.165) is 6.42 Å². The number of thiophene rings is 1. The SMILES string of the molecule is CCC(C)(O)CN[C@H](C)c1cccs1. The summed E-state index contributed by atoms with van der Waals surface area (Å²) in [5.41, 5.74) is -0.592. The molecule has 1 heterocycles. The lowest BCUT2D eigenvalue weighted by molar-refractivity contribution is 0.0535. The molecular formula is C11H19NOS. The standard InChI is InChI=1S/C11H19NOS/c1-4-11(3,13)8-12-9(2)10-6-5-7-14-10/h5-7,9,12-13H,4,8H2,1-3H3/t9-,11?/m1/s1. The Balaban J connectivity index is 2.39. The zero-order valence-electron chi connectivity index (χ0n) is 9.08. The van der Waals surface area contributed by atoms with Crippen molar-refractivity contribution in [3.05, 3.63) is 22.4 Å². The minimum absolute atomic E-state index is 0.327. The van der Waals surface area contributed by atoms with Gasteiger partial charge in [-0.2, -0.15) is 0 Å². The van der Waals surface area contributed by atoms with Gasteiger partial charge in [-0.25, -0.2) is 0 Å². The molecule has 2 atom stereocenters. The number of hydrogen-bond acceptors (Lipinski definition) is 3. The Morgan fingerprint density at radius 2 is 2.36 bits per heavy atom. The summed E-state index contributed by atoms with van der Waals surface area (Å²) in [6.45, 7) is 6.62. The highest BCUT2D eigenvalue weighted by atomic mass is 32.1. The smallest absolute Gasteiger partial charge is 0.0741 e. The van der Waals surface area contributed by atoms with Crippen molar-refractivity contribution in [1.29, 1.82) is 0 Å². The van der Waals surface area contributed by atoms with Crippen LogP contribution in [0.5, 0.6) is 0 Å². The predicted octanol–water partition coefficient (Wildman–Crippen LogP) is 2.56. The normalized spacial score (nSPS) is 17.7. The molecule has 0 aromatic carbocycles. The molecule has 2 nitrogen and oxygen atoms in total. The molecule has 0 bridgehead atoms. The van der Waals surface area contributed by atoms with Crippen molar-refractivity contribution in [2.24, 2.45) is 0 Å². The minimum Gasteiger partial charge on any atom is -0.389 e. The molecule has 3 heteroatoms. The van der Waals surface area contributed by atoms with Crippen LogP contribution in [0.4, 0.5) is 0 Å². The van der Waals surface area contributed by atoms with E-state index in [0.29, 0.717) is 12.6 Å². The maximum Gasteiger partial charge on any atom is 0.0741 e. The second-order valence-electron chi connectivity index (χ2n) is 3.97. The maximum absolute atomic E-state index is 9.81. The summed E-state index contributed by atoms with van der Waals surface area (Å²) in [6, 6.07) is 4.49. The van der Waals surface area contributed by atoms with Gasteiger partial charge in [-0.3, -0.25) is 0 Å². The van der Waals surface area contributed by atoms with E-state index >= 15 is 0 Å². The van der Waals surface area contributed by atoms with Crippen molar-refractivity contribution in [3.8, 4) is 0 Å². The van der Waals surface area contributed by atoms with Crippen LogP contribution in [0.15, 0.2) is 17.5 Å². The number of hydrogen-bond donors (Lipinski definition) is 2. The van der Waals surface area contributed by atoms with Crippen molar-refractivity contribution >= 4 is 11.3 Å². The first-order chi connectivity index (χ1) is 6.55. The third kappa shape index (κ3) is 3.40. The molecule has 0 saturated heterocycles. The first-order valence-corrected chi connectivity index (χ1v) is 5.92. The molecule has 0 amide bonds. The predicted molar refractivity (Wildman–Crippen MR) is 61.7 cm³/mol. The van der Waals surface area contributed by atoms with Crippen LogP contribution in [-0.2, 0) is 0 Å². The van der Waals surface area contributed by atoms with E-state index in [1.807, 2.05) is 13.8 Å². The second kappa shape index (κ2) is 4.91. The molecule has 1 aromatic heterocycles. The summed E-state index contributed by atoms with van der Waals surface area (Å²) in [5.74, 6) is 0. The first kappa shape index (κ1) is 11.7. The molecule has 1 unspecified atom stereocenters. The lowest BCUT2D eigenvalue weighted by Crippen LogP contribution is -2.38. The van der Waals surface area contributed by atoms with Crippen LogP contribution in [0.2, 0.25) is 0 Å². The molecule has 2 N–H and O–H groups in total. The molecule has 80 valence electrons. The third-order valence-corrected chi connectivity index (χ3v) is 3.58. The number of aliphatic hydroxyl groups is 1. The second-order valence-corrected chi connectivity index (χ2v) is 4.95. The monoisotopic (exact) mass is 213 g/mol. The molecule has 0 aliphatic rings. The molecule has 0 radical (unpaired) electrons. The van der Waals surface area contributed by atoms with Crippen LogP contribution in [0.25, 0.3) is 0 Å². The molecule has 0 spiro atoms. The zero-order valence-corrected chi connectivity index (χ0v) is 9.90. The van der Waals surface area contributed by atoms with Gasteiger partial charge in [0.05, 0.1) is 5.60 Å². The number of rotatable bonds is 5. The zero-order chi connectivity index (χ0) is 10.6. The van der Waals surface area contributed by atoms with Crippen molar-refractivity contribution < 1.29 is 5.11 Å². The highest BCUT2D eigenvalue weighted by Crippen LogP contribution is 2.19. The summed E-state index contributed by atoms with van der Waals surface area (Å²) in [7, 11) is 0. The third-order valence-electron chi connectivity index (χ3n) is 2.52. The fraction of sp³-hybridized carbons (Fsp3) is 0.636. The summed E-state index contributed by atoms with van der Waals surface area (Å²) in [4.78, 5) is 1.32. The van der Waals surface area contributed by atoms with Crippen LogP contribution in [0.3, 0.4) is 0 Å². The Morgan fingerprint density at radius 1 is 1.64 bits per heavy atom. The molecule has 0 aliphatic carbocycles. The Kier molecular flexibility index (Phi) is 4.11. The Morgan fingerprint density at radius 3 is 2.86 bits per heavy atom. The van der Waals surface area contributed by atoms with Gasteiger partial charge < -0.3 is 10.4 Å². The molecule has 1 aromatic rings. The highest BCUT2D eigenvalue weighted by Gasteiger charge is 2.18. The van der Waals surface area contributed by atoms with Gasteiger partial charge in [0.2, 0.25) is 0 Å². The molecule has 0 fully saturated rings. The van der Waals surface area contributed by atoms with Gasteiger partial charge in [0.15, 0.2) is 0 Å². The van der Waals surface area contributed by atoms with E-state index in [2.05, 4.69) is 29.8 Å². The topological polar surface area (TPSA) is 32.3 Å². The lowest BCUT2D eigenvalue weighted by atomic mass is 10.0. The van der Waals surface area contributed by atoms with Gasteiger partial charge in [0, 0.05) is 17.5 Å². The lowest BCUT2D eigenvalue weighted by Gasteiger charge is -2.24. The van der Waals surface area contributed by atoms with Crippen LogP contribution in [0, 0.1) is 0 Å². The quantitative estimate of drug-likeness (QED) is 0.788. The van der Waals surface area contributed by atoms with Gasteiger partial charge in [0.1, 0.15) is 0 Å².